The van der Waals surface area contributed by atoms with E-state index in [4.69, 9.17) is 11.2 Å². The van der Waals surface area contributed by atoms with E-state index in [0.29, 0.717) is 18.8 Å². The Morgan fingerprint density at radius 3 is 2.48 bits per heavy atom. The monoisotopic (exact) mass is 564 g/mol. The summed E-state index contributed by atoms with van der Waals surface area (Å²) in [5, 5.41) is 12.6. The molecule has 0 atom stereocenters. The molecule has 11 heteroatoms. The fourth-order valence-electron chi connectivity index (χ4n) is 4.89. The molecule has 0 bridgehead atoms. The number of terminal acetylenes is 1. The molecule has 1 N–H and O–H groups in total. The van der Waals surface area contributed by atoms with Crippen LogP contribution in [-0.4, -0.2) is 34.8 Å². The van der Waals surface area contributed by atoms with Crippen LogP contribution in [0, 0.1) is 40.4 Å². The molecular weight excluding hydrogens is 531 g/mol. The van der Waals surface area contributed by atoms with Crippen molar-refractivity contribution in [3.8, 4) is 29.8 Å². The summed E-state index contributed by atoms with van der Waals surface area (Å²) < 4.78 is 73.2. The van der Waals surface area contributed by atoms with Gasteiger partial charge in [0.05, 0.1) is 22.6 Å². The number of alkyl halides is 5. The molecule has 6 nitrogen and oxygen atoms in total. The summed E-state index contributed by atoms with van der Waals surface area (Å²) in [5.41, 5.74) is -2.83. The molecule has 1 aliphatic carbocycles. The third kappa shape index (κ3) is 6.57. The summed E-state index contributed by atoms with van der Waals surface area (Å²) in [7, 11) is 0. The largest absolute Gasteiger partial charge is 0.433 e. The molecule has 1 amide bonds. The molecule has 0 saturated heterocycles. The van der Waals surface area contributed by atoms with Crippen LogP contribution >= 0.6 is 0 Å². The van der Waals surface area contributed by atoms with Gasteiger partial charge >= 0.3 is 12.8 Å². The van der Waals surface area contributed by atoms with E-state index in [0.717, 1.165) is 32.8 Å². The van der Waals surface area contributed by atoms with Gasteiger partial charge in [0.1, 0.15) is 17.3 Å². The maximum atomic E-state index is 13.5. The fraction of sp³-hybridized carbons (Fsp3) is 0.552. The highest BCUT2D eigenvalue weighted by molar-refractivity contribution is 5.95. The molecule has 1 fully saturated rings. The predicted molar refractivity (Wildman–Crippen MR) is 139 cm³/mol. The van der Waals surface area contributed by atoms with E-state index < -0.39 is 41.7 Å². The van der Waals surface area contributed by atoms with E-state index >= 15 is 0 Å². The third-order valence-electron chi connectivity index (χ3n) is 7.57. The molecule has 1 aliphatic rings. The Hall–Kier alpha value is -3.60. The quantitative estimate of drug-likeness (QED) is 0.275. The second-order valence-electron chi connectivity index (χ2n) is 11.1. The number of nitriles is 1. The Labute approximate surface area is 230 Å². The Bertz CT molecular complexity index is 1310. The van der Waals surface area contributed by atoms with Crippen molar-refractivity contribution in [1.29, 1.82) is 5.26 Å². The van der Waals surface area contributed by atoms with Gasteiger partial charge in [0.15, 0.2) is 5.69 Å². The van der Waals surface area contributed by atoms with Crippen LogP contribution in [0.15, 0.2) is 18.2 Å². The number of aromatic nitrogens is 2. The molecular formula is C29H33F5N4O2. The van der Waals surface area contributed by atoms with Crippen LogP contribution in [-0.2, 0) is 12.8 Å². The lowest BCUT2D eigenvalue weighted by Gasteiger charge is -2.33. The molecule has 0 spiro atoms. The van der Waals surface area contributed by atoms with Crippen LogP contribution < -0.4 is 10.1 Å². The second-order valence-corrected chi connectivity index (χ2v) is 11.1. The van der Waals surface area contributed by atoms with E-state index in [1.165, 1.54) is 16.7 Å². The molecule has 3 rings (SSSR count). The summed E-state index contributed by atoms with van der Waals surface area (Å²) in [6.07, 6.45) is 4.05. The van der Waals surface area contributed by atoms with E-state index in [2.05, 4.69) is 29.2 Å². The van der Waals surface area contributed by atoms with Gasteiger partial charge in [-0.25, -0.2) is 4.98 Å². The topological polar surface area (TPSA) is 79.9 Å². The number of nitrogens with one attached hydrogen (secondary N) is 1. The minimum absolute atomic E-state index is 0.0139. The number of amides is 1. The van der Waals surface area contributed by atoms with Gasteiger partial charge in [0.25, 0.3) is 5.91 Å². The van der Waals surface area contributed by atoms with Crippen LogP contribution in [0.1, 0.15) is 80.9 Å². The Balaban J connectivity index is 2.01. The van der Waals surface area contributed by atoms with Crippen molar-refractivity contribution in [2.45, 2.75) is 79.0 Å². The number of carbonyl (C=O) groups excluding carboxylic acids is 1. The standard InChI is InChI=1S/C29H33F5N4O2/c1-6-20-24(25(39)36-17-28(16-35)12-10-18(3)11-13-28)37-23(7-2)38(20)21-9-8-19(14-22(21)40-26(30)31)15-27(4,5)29(32,33)34/h1,8-9,14,18,26H,7,10-13,15,17H2,2-5H3,(H,36,39). The van der Waals surface area contributed by atoms with Crippen molar-refractivity contribution in [3.05, 3.63) is 41.0 Å². The molecule has 2 aromatic rings. The maximum absolute atomic E-state index is 13.5. The van der Waals surface area contributed by atoms with Crippen LogP contribution in [0.5, 0.6) is 5.75 Å². The number of aryl methyl sites for hydroxylation is 1. The first-order valence-corrected chi connectivity index (χ1v) is 13.1. The molecule has 216 valence electrons. The van der Waals surface area contributed by atoms with Gasteiger partial charge < -0.3 is 10.1 Å². The number of hydrogen-bond acceptors (Lipinski definition) is 4. The minimum atomic E-state index is -4.52. The van der Waals surface area contributed by atoms with Gasteiger partial charge in [0.2, 0.25) is 0 Å². The molecule has 0 radical (unpaired) electrons. The summed E-state index contributed by atoms with van der Waals surface area (Å²) in [6, 6.07) is 6.17. The first kappa shape index (κ1) is 30.9. The normalized spacial score (nSPS) is 19.6. The van der Waals surface area contributed by atoms with Crippen molar-refractivity contribution in [2.75, 3.05) is 6.54 Å². The summed E-state index contributed by atoms with van der Waals surface area (Å²) in [6.45, 7) is 2.72. The highest BCUT2D eigenvalue weighted by Crippen LogP contribution is 2.41. The SMILES string of the molecule is C#Cc1c(C(=O)NCC2(C#N)CCC(C)CC2)nc(CC)n1-c1ccc(CC(C)(C)C(F)(F)F)cc1OC(F)F. The molecule has 1 heterocycles. The number of carbonyl (C=O) groups is 1. The van der Waals surface area contributed by atoms with Gasteiger partial charge in [-0.1, -0.05) is 33.8 Å². The maximum Gasteiger partial charge on any atom is 0.394 e. The van der Waals surface area contributed by atoms with Crippen LogP contribution in [0.3, 0.4) is 0 Å². The number of benzene rings is 1. The number of imidazole rings is 1. The average Bonchev–Trinajstić information content (AvgIpc) is 3.26. The van der Waals surface area contributed by atoms with Crippen molar-refractivity contribution in [3.63, 3.8) is 0 Å². The lowest BCUT2D eigenvalue weighted by Crippen LogP contribution is -2.39. The zero-order valence-corrected chi connectivity index (χ0v) is 23.0. The van der Waals surface area contributed by atoms with Crippen molar-refractivity contribution >= 4 is 5.91 Å². The summed E-state index contributed by atoms with van der Waals surface area (Å²) >= 11 is 0. The van der Waals surface area contributed by atoms with Crippen LogP contribution in [0.2, 0.25) is 0 Å². The van der Waals surface area contributed by atoms with Gasteiger partial charge in [-0.05, 0) is 61.6 Å². The Morgan fingerprint density at radius 2 is 1.95 bits per heavy atom. The molecule has 0 aliphatic heterocycles. The first-order chi connectivity index (χ1) is 18.7. The van der Waals surface area contributed by atoms with Crippen molar-refractivity contribution < 1.29 is 31.5 Å². The minimum Gasteiger partial charge on any atom is -0.433 e. The van der Waals surface area contributed by atoms with Gasteiger partial charge in [0, 0.05) is 13.0 Å². The molecule has 40 heavy (non-hydrogen) atoms. The van der Waals surface area contributed by atoms with E-state index in [1.54, 1.807) is 6.92 Å². The van der Waals surface area contributed by atoms with Crippen molar-refractivity contribution in [2.24, 2.45) is 16.7 Å². The average molecular weight is 565 g/mol. The first-order valence-electron chi connectivity index (χ1n) is 13.1. The van der Waals surface area contributed by atoms with Crippen LogP contribution in [0.4, 0.5) is 22.0 Å². The number of hydrogen-bond donors (Lipinski definition) is 1. The highest BCUT2D eigenvalue weighted by Gasteiger charge is 2.47. The number of halogens is 5. The zero-order chi connectivity index (χ0) is 29.9. The summed E-state index contributed by atoms with van der Waals surface area (Å²) in [4.78, 5) is 17.6. The Kier molecular flexibility index (Phi) is 9.18. The fourth-order valence-corrected chi connectivity index (χ4v) is 4.89. The third-order valence-corrected chi connectivity index (χ3v) is 7.57. The highest BCUT2D eigenvalue weighted by atomic mass is 19.4. The molecule has 0 unspecified atom stereocenters. The van der Waals surface area contributed by atoms with Gasteiger partial charge in [-0.3, -0.25) is 9.36 Å². The number of rotatable bonds is 9. The number of ether oxygens (including phenoxy) is 1. The lowest BCUT2D eigenvalue weighted by molar-refractivity contribution is -0.211. The molecule has 1 aromatic heterocycles. The lowest BCUT2D eigenvalue weighted by atomic mass is 9.72. The van der Waals surface area contributed by atoms with E-state index in [-0.39, 0.29) is 41.4 Å². The predicted octanol–water partition coefficient (Wildman–Crippen LogP) is 6.60. The number of nitrogens with zero attached hydrogens (tertiary/aromatic N) is 3. The van der Waals surface area contributed by atoms with Crippen LogP contribution in [0.25, 0.3) is 5.69 Å². The summed E-state index contributed by atoms with van der Waals surface area (Å²) in [5.74, 6) is 2.15. The molecule has 1 aromatic carbocycles. The van der Waals surface area contributed by atoms with Gasteiger partial charge in [-0.2, -0.15) is 27.2 Å². The Morgan fingerprint density at radius 1 is 1.30 bits per heavy atom. The zero-order valence-electron chi connectivity index (χ0n) is 23.0. The van der Waals surface area contributed by atoms with E-state index in [1.807, 2.05) is 0 Å². The van der Waals surface area contributed by atoms with E-state index in [9.17, 15) is 32.0 Å². The molecule has 1 saturated carbocycles. The smallest absolute Gasteiger partial charge is 0.394 e. The van der Waals surface area contributed by atoms with Gasteiger partial charge in [-0.15, -0.1) is 6.42 Å². The van der Waals surface area contributed by atoms with Crippen molar-refractivity contribution in [1.82, 2.24) is 14.9 Å². The second kappa shape index (κ2) is 11.9.